The van der Waals surface area contributed by atoms with E-state index < -0.39 is 0 Å². The van der Waals surface area contributed by atoms with Crippen LogP contribution in [0.2, 0.25) is 0 Å². The monoisotopic (exact) mass is 375 g/mol. The molecule has 0 aliphatic carbocycles. The highest BCUT2D eigenvalue weighted by Crippen LogP contribution is 2.28. The summed E-state index contributed by atoms with van der Waals surface area (Å²) in [6, 6.07) is 8.84. The first-order valence-corrected chi connectivity index (χ1v) is 8.38. The van der Waals surface area contributed by atoms with E-state index in [1.54, 1.807) is 6.92 Å². The van der Waals surface area contributed by atoms with Gasteiger partial charge in [0.1, 0.15) is 0 Å². The fourth-order valence-electron chi connectivity index (χ4n) is 3.04. The molecule has 1 saturated heterocycles. The van der Waals surface area contributed by atoms with Crippen LogP contribution in [0.1, 0.15) is 45.2 Å². The van der Waals surface area contributed by atoms with Gasteiger partial charge in [0.2, 0.25) is 5.91 Å². The molecular formula is C18H31Cl2N3O. The van der Waals surface area contributed by atoms with Crippen LogP contribution in [0.3, 0.4) is 0 Å². The van der Waals surface area contributed by atoms with Crippen molar-refractivity contribution in [3.05, 3.63) is 29.8 Å². The molecule has 0 spiro atoms. The van der Waals surface area contributed by atoms with Gasteiger partial charge in [0.05, 0.1) is 0 Å². The third-order valence-corrected chi connectivity index (χ3v) is 4.23. The predicted octanol–water partition coefficient (Wildman–Crippen LogP) is 3.87. The van der Waals surface area contributed by atoms with Crippen LogP contribution in [0.4, 0.5) is 5.69 Å². The van der Waals surface area contributed by atoms with Gasteiger partial charge in [-0.25, -0.2) is 0 Å². The number of hydrogen-bond acceptors (Lipinski definition) is 3. The van der Waals surface area contributed by atoms with E-state index in [1.807, 2.05) is 12.1 Å². The Bertz CT molecular complexity index is 474. The Morgan fingerprint density at radius 2 is 1.71 bits per heavy atom. The molecule has 1 atom stereocenters. The number of amides is 1. The van der Waals surface area contributed by atoms with E-state index >= 15 is 0 Å². The third-order valence-electron chi connectivity index (χ3n) is 4.23. The number of hydrogen-bond donors (Lipinski definition) is 2. The van der Waals surface area contributed by atoms with Crippen LogP contribution in [0.5, 0.6) is 0 Å². The maximum absolute atomic E-state index is 11.1. The van der Waals surface area contributed by atoms with Crippen molar-refractivity contribution in [2.45, 2.75) is 39.7 Å². The van der Waals surface area contributed by atoms with Crippen LogP contribution in [0, 0.1) is 5.92 Å². The molecule has 2 rings (SSSR count). The fraction of sp³-hybridized carbons (Fsp3) is 0.611. The molecule has 138 valence electrons. The number of nitrogens with one attached hydrogen (secondary N) is 2. The minimum Gasteiger partial charge on any atom is -0.326 e. The van der Waals surface area contributed by atoms with Crippen molar-refractivity contribution in [1.82, 2.24) is 10.2 Å². The lowest BCUT2D eigenvalue weighted by molar-refractivity contribution is -0.114. The average Bonchev–Trinajstić information content (AvgIpc) is 2.49. The normalized spacial score (nSPS) is 16.0. The molecule has 6 heteroatoms. The first kappa shape index (κ1) is 23.2. The highest BCUT2D eigenvalue weighted by molar-refractivity contribution is 5.88. The van der Waals surface area contributed by atoms with Gasteiger partial charge in [0, 0.05) is 44.8 Å². The first-order chi connectivity index (χ1) is 10.6. The molecule has 1 aliphatic heterocycles. The summed E-state index contributed by atoms with van der Waals surface area (Å²) in [7, 11) is 0. The van der Waals surface area contributed by atoms with E-state index in [2.05, 4.69) is 41.5 Å². The first-order valence-electron chi connectivity index (χ1n) is 8.38. The van der Waals surface area contributed by atoms with Crippen LogP contribution >= 0.6 is 24.8 Å². The van der Waals surface area contributed by atoms with Crippen molar-refractivity contribution < 1.29 is 4.79 Å². The number of carbonyl (C=O) groups is 1. The van der Waals surface area contributed by atoms with Gasteiger partial charge in [0.25, 0.3) is 0 Å². The topological polar surface area (TPSA) is 44.4 Å². The zero-order chi connectivity index (χ0) is 15.9. The van der Waals surface area contributed by atoms with Crippen molar-refractivity contribution in [3.8, 4) is 0 Å². The molecule has 1 amide bonds. The van der Waals surface area contributed by atoms with Gasteiger partial charge in [-0.05, 0) is 36.5 Å². The summed E-state index contributed by atoms with van der Waals surface area (Å²) in [5.74, 6) is 0.704. The van der Waals surface area contributed by atoms with Gasteiger partial charge >= 0.3 is 0 Å². The summed E-state index contributed by atoms with van der Waals surface area (Å²) in [6.07, 6.45) is 2.43. The van der Waals surface area contributed by atoms with Gasteiger partial charge < -0.3 is 10.6 Å². The summed E-state index contributed by atoms with van der Waals surface area (Å²) in [5.41, 5.74) is 2.23. The van der Waals surface area contributed by atoms with Crippen molar-refractivity contribution in [3.63, 3.8) is 0 Å². The predicted molar refractivity (Wildman–Crippen MR) is 106 cm³/mol. The number of halogens is 2. The second-order valence-corrected chi connectivity index (χ2v) is 6.58. The highest BCUT2D eigenvalue weighted by atomic mass is 35.5. The maximum atomic E-state index is 11.1. The number of benzene rings is 1. The fourth-order valence-corrected chi connectivity index (χ4v) is 3.04. The Balaban J connectivity index is 0.00000264. The SMILES string of the molecule is CC(=O)Nc1ccc([C@H](CCC(C)C)N2CCNCC2)cc1.Cl.Cl. The van der Waals surface area contributed by atoms with Crippen LogP contribution in [-0.2, 0) is 4.79 Å². The molecule has 0 unspecified atom stereocenters. The molecule has 1 aromatic rings. The molecule has 0 saturated carbocycles. The van der Waals surface area contributed by atoms with Crippen LogP contribution in [0.25, 0.3) is 0 Å². The Kier molecular flexibility index (Phi) is 11.3. The van der Waals surface area contributed by atoms with E-state index in [4.69, 9.17) is 0 Å². The van der Waals surface area contributed by atoms with E-state index in [1.165, 1.54) is 18.4 Å². The lowest BCUT2D eigenvalue weighted by atomic mass is 9.95. The number of nitrogens with zero attached hydrogens (tertiary/aromatic N) is 1. The molecular weight excluding hydrogens is 345 g/mol. The maximum Gasteiger partial charge on any atom is 0.221 e. The van der Waals surface area contributed by atoms with E-state index in [-0.39, 0.29) is 30.7 Å². The smallest absolute Gasteiger partial charge is 0.221 e. The Hall–Kier alpha value is -0.810. The number of carbonyl (C=O) groups excluding carboxylic acids is 1. The number of anilines is 1. The van der Waals surface area contributed by atoms with Crippen molar-refractivity contribution >= 4 is 36.4 Å². The lowest BCUT2D eigenvalue weighted by Crippen LogP contribution is -2.45. The van der Waals surface area contributed by atoms with Crippen LogP contribution < -0.4 is 10.6 Å². The van der Waals surface area contributed by atoms with E-state index in [0.29, 0.717) is 6.04 Å². The van der Waals surface area contributed by atoms with Crippen molar-refractivity contribution in [2.24, 2.45) is 5.92 Å². The number of rotatable bonds is 6. The van der Waals surface area contributed by atoms with Crippen LogP contribution in [-0.4, -0.2) is 37.0 Å². The standard InChI is InChI=1S/C18H29N3O.2ClH/c1-14(2)4-9-18(21-12-10-19-11-13-21)16-5-7-17(8-6-16)20-15(3)22;;/h5-8,14,18-19H,4,9-13H2,1-3H3,(H,20,22);2*1H/t18-;;/m0../s1. The molecule has 1 aliphatic rings. The van der Waals surface area contributed by atoms with Crippen LogP contribution in [0.15, 0.2) is 24.3 Å². The third kappa shape index (κ3) is 7.39. The Morgan fingerprint density at radius 1 is 1.12 bits per heavy atom. The van der Waals surface area contributed by atoms with Crippen molar-refractivity contribution in [2.75, 3.05) is 31.5 Å². The van der Waals surface area contributed by atoms with Gasteiger partial charge in [-0.15, -0.1) is 24.8 Å². The van der Waals surface area contributed by atoms with E-state index in [0.717, 1.165) is 37.8 Å². The summed E-state index contributed by atoms with van der Waals surface area (Å²) >= 11 is 0. The zero-order valence-corrected chi connectivity index (χ0v) is 16.5. The molecule has 1 aromatic carbocycles. The molecule has 4 nitrogen and oxygen atoms in total. The zero-order valence-electron chi connectivity index (χ0n) is 14.9. The molecule has 1 fully saturated rings. The lowest BCUT2D eigenvalue weighted by Gasteiger charge is -2.35. The van der Waals surface area contributed by atoms with Crippen molar-refractivity contribution in [1.29, 1.82) is 0 Å². The van der Waals surface area contributed by atoms with E-state index in [9.17, 15) is 4.79 Å². The molecule has 0 bridgehead atoms. The summed E-state index contributed by atoms with van der Waals surface area (Å²) in [4.78, 5) is 13.7. The van der Waals surface area contributed by atoms with Gasteiger partial charge in [0.15, 0.2) is 0 Å². The largest absolute Gasteiger partial charge is 0.326 e. The molecule has 2 N–H and O–H groups in total. The van der Waals surface area contributed by atoms with Gasteiger partial charge in [-0.2, -0.15) is 0 Å². The second kappa shape index (κ2) is 11.7. The number of piperazine rings is 1. The summed E-state index contributed by atoms with van der Waals surface area (Å²) < 4.78 is 0. The summed E-state index contributed by atoms with van der Waals surface area (Å²) in [6.45, 7) is 10.5. The Labute approximate surface area is 158 Å². The minimum atomic E-state index is -0.0220. The quantitative estimate of drug-likeness (QED) is 0.792. The molecule has 24 heavy (non-hydrogen) atoms. The van der Waals surface area contributed by atoms with Gasteiger partial charge in [-0.1, -0.05) is 26.0 Å². The highest BCUT2D eigenvalue weighted by Gasteiger charge is 2.22. The Morgan fingerprint density at radius 3 is 2.21 bits per heavy atom. The molecule has 0 radical (unpaired) electrons. The molecule has 0 aromatic heterocycles. The summed E-state index contributed by atoms with van der Waals surface area (Å²) in [5, 5.41) is 6.27. The molecule has 1 heterocycles. The minimum absolute atomic E-state index is 0. The second-order valence-electron chi connectivity index (χ2n) is 6.58. The average molecular weight is 376 g/mol. The van der Waals surface area contributed by atoms with Gasteiger partial charge in [-0.3, -0.25) is 9.69 Å².